The monoisotopic (exact) mass is 291 g/mol. The van der Waals surface area contributed by atoms with E-state index in [1.165, 1.54) is 11.3 Å². The molecule has 2 rings (SSSR count). The third kappa shape index (κ3) is 3.41. The van der Waals surface area contributed by atoms with E-state index in [1.54, 1.807) is 10.3 Å². The van der Waals surface area contributed by atoms with Gasteiger partial charge in [0.05, 0.1) is 12.2 Å². The van der Waals surface area contributed by atoms with Crippen molar-refractivity contribution in [3.8, 4) is 0 Å². The van der Waals surface area contributed by atoms with Crippen molar-refractivity contribution in [3.05, 3.63) is 16.1 Å². The van der Waals surface area contributed by atoms with Crippen LogP contribution in [0.2, 0.25) is 0 Å². The Kier molecular flexibility index (Phi) is 5.52. The van der Waals surface area contributed by atoms with Crippen LogP contribution in [0.15, 0.2) is 5.38 Å². The summed E-state index contributed by atoms with van der Waals surface area (Å²) in [7, 11) is 0. The highest BCUT2D eigenvalue weighted by Gasteiger charge is 2.27. The molecule has 102 valence electrons. The first-order valence-corrected chi connectivity index (χ1v) is 6.57. The topological polar surface area (TPSA) is 68.5 Å². The first-order chi connectivity index (χ1) is 8.10. The number of nitrogens with two attached hydrogens (primary N) is 1. The first-order valence-electron chi connectivity index (χ1n) is 5.69. The zero-order chi connectivity index (χ0) is 12.4. The van der Waals surface area contributed by atoms with Crippen LogP contribution in [0.25, 0.3) is 0 Å². The van der Waals surface area contributed by atoms with Crippen molar-refractivity contribution < 1.29 is 9.53 Å². The van der Waals surface area contributed by atoms with Crippen LogP contribution in [0.5, 0.6) is 0 Å². The molecular weight excluding hydrogens is 274 g/mol. The van der Waals surface area contributed by atoms with E-state index in [2.05, 4.69) is 4.98 Å². The minimum absolute atomic E-state index is 0. The number of ether oxygens (including phenoxy) is 1. The number of rotatable bonds is 2. The van der Waals surface area contributed by atoms with Gasteiger partial charge in [-0.15, -0.1) is 23.7 Å². The van der Waals surface area contributed by atoms with E-state index in [9.17, 15) is 4.79 Å². The van der Waals surface area contributed by atoms with Gasteiger partial charge in [0.2, 0.25) is 0 Å². The summed E-state index contributed by atoms with van der Waals surface area (Å²) < 4.78 is 5.60. The van der Waals surface area contributed by atoms with Gasteiger partial charge in [-0.05, 0) is 13.8 Å². The maximum atomic E-state index is 12.2. The quantitative estimate of drug-likeness (QED) is 0.891. The molecule has 1 saturated heterocycles. The molecule has 1 amide bonds. The Balaban J connectivity index is 0.00000162. The van der Waals surface area contributed by atoms with Crippen molar-refractivity contribution in [2.45, 2.75) is 32.6 Å². The van der Waals surface area contributed by atoms with Gasteiger partial charge < -0.3 is 15.4 Å². The van der Waals surface area contributed by atoms with Crippen molar-refractivity contribution in [3.63, 3.8) is 0 Å². The Bertz CT molecular complexity index is 403. The van der Waals surface area contributed by atoms with E-state index < -0.39 is 0 Å². The molecule has 0 aliphatic carbocycles. The lowest BCUT2D eigenvalue weighted by Crippen LogP contribution is -2.48. The maximum absolute atomic E-state index is 12.2. The molecular formula is C11H18ClN3O2S. The van der Waals surface area contributed by atoms with Gasteiger partial charge in [0, 0.05) is 25.0 Å². The number of hydrogen-bond donors (Lipinski definition) is 1. The second-order valence-electron chi connectivity index (χ2n) is 4.30. The standard InChI is InChI=1S/C11H17N3O2S.ClH/c1-7-4-14(5-8(2)16-7)11(15)9-6-17-10(3-12)13-9;/h6-8H,3-5,12H2,1-2H3;1H. The van der Waals surface area contributed by atoms with Gasteiger partial charge in [0.25, 0.3) is 5.91 Å². The number of thiazole rings is 1. The van der Waals surface area contributed by atoms with E-state index in [0.717, 1.165) is 5.01 Å². The number of halogens is 1. The molecule has 2 unspecified atom stereocenters. The SMILES string of the molecule is CC1CN(C(=O)c2csc(CN)n2)CC(C)O1.Cl. The second-order valence-corrected chi connectivity index (χ2v) is 5.24. The van der Waals surface area contributed by atoms with Crippen molar-refractivity contribution in [2.24, 2.45) is 5.73 Å². The van der Waals surface area contributed by atoms with E-state index in [4.69, 9.17) is 10.5 Å². The van der Waals surface area contributed by atoms with Crippen LogP contribution in [0.3, 0.4) is 0 Å². The van der Waals surface area contributed by atoms with Crippen molar-refractivity contribution in [1.29, 1.82) is 0 Å². The summed E-state index contributed by atoms with van der Waals surface area (Å²) in [6.45, 7) is 5.58. The Labute approximate surface area is 117 Å². The molecule has 7 heteroatoms. The van der Waals surface area contributed by atoms with Gasteiger partial charge in [0.15, 0.2) is 0 Å². The first kappa shape index (κ1) is 15.4. The molecule has 0 aromatic carbocycles. The van der Waals surface area contributed by atoms with Gasteiger partial charge >= 0.3 is 0 Å². The normalized spacial score (nSPS) is 23.6. The Morgan fingerprint density at radius 1 is 1.56 bits per heavy atom. The predicted octanol–water partition coefficient (Wildman–Crippen LogP) is 1.27. The summed E-state index contributed by atoms with van der Waals surface area (Å²) in [6.07, 6.45) is 0.158. The molecule has 1 aliphatic rings. The molecule has 5 nitrogen and oxygen atoms in total. The van der Waals surface area contributed by atoms with Crippen LogP contribution in [0, 0.1) is 0 Å². The molecule has 1 fully saturated rings. The molecule has 18 heavy (non-hydrogen) atoms. The summed E-state index contributed by atoms with van der Waals surface area (Å²) in [6, 6.07) is 0. The lowest BCUT2D eigenvalue weighted by atomic mass is 10.2. The summed E-state index contributed by atoms with van der Waals surface area (Å²) >= 11 is 1.43. The van der Waals surface area contributed by atoms with Crippen LogP contribution in [0.4, 0.5) is 0 Å². The minimum atomic E-state index is -0.0250. The predicted molar refractivity (Wildman–Crippen MR) is 73.2 cm³/mol. The lowest BCUT2D eigenvalue weighted by Gasteiger charge is -2.34. The molecule has 0 spiro atoms. The maximum Gasteiger partial charge on any atom is 0.273 e. The highest BCUT2D eigenvalue weighted by atomic mass is 35.5. The number of amides is 1. The Hall–Kier alpha value is -0.690. The third-order valence-corrected chi connectivity index (χ3v) is 3.52. The number of nitrogens with zero attached hydrogens (tertiary/aromatic N) is 2. The highest BCUT2D eigenvalue weighted by molar-refractivity contribution is 7.09. The third-order valence-electron chi connectivity index (χ3n) is 2.65. The molecule has 1 aliphatic heterocycles. The van der Waals surface area contributed by atoms with E-state index in [-0.39, 0.29) is 30.5 Å². The molecule has 1 aromatic heterocycles. The number of morpholine rings is 1. The molecule has 1 aromatic rings. The number of hydrogen-bond acceptors (Lipinski definition) is 5. The Morgan fingerprint density at radius 3 is 2.67 bits per heavy atom. The van der Waals surface area contributed by atoms with Crippen molar-refractivity contribution >= 4 is 29.7 Å². The molecule has 0 bridgehead atoms. The zero-order valence-corrected chi connectivity index (χ0v) is 12.1. The lowest BCUT2D eigenvalue weighted by molar-refractivity contribution is -0.0587. The number of aromatic nitrogens is 1. The van der Waals surface area contributed by atoms with Crippen LogP contribution >= 0.6 is 23.7 Å². The van der Waals surface area contributed by atoms with Gasteiger partial charge in [-0.2, -0.15) is 0 Å². The average Bonchev–Trinajstić information content (AvgIpc) is 2.75. The van der Waals surface area contributed by atoms with Crippen molar-refractivity contribution in [1.82, 2.24) is 9.88 Å². The Morgan fingerprint density at radius 2 is 2.17 bits per heavy atom. The van der Waals surface area contributed by atoms with E-state index in [0.29, 0.717) is 25.3 Å². The summed E-state index contributed by atoms with van der Waals surface area (Å²) in [5.41, 5.74) is 5.99. The van der Waals surface area contributed by atoms with Crippen LogP contribution in [0.1, 0.15) is 29.3 Å². The summed E-state index contributed by atoms with van der Waals surface area (Å²) in [5.74, 6) is -0.0250. The van der Waals surface area contributed by atoms with E-state index >= 15 is 0 Å². The van der Waals surface area contributed by atoms with Crippen LogP contribution in [-0.2, 0) is 11.3 Å². The molecule has 2 N–H and O–H groups in total. The minimum Gasteiger partial charge on any atom is -0.372 e. The fourth-order valence-electron chi connectivity index (χ4n) is 2.01. The number of carbonyl (C=O) groups is 1. The van der Waals surface area contributed by atoms with Gasteiger partial charge in [0.1, 0.15) is 10.7 Å². The van der Waals surface area contributed by atoms with Gasteiger partial charge in [-0.1, -0.05) is 0 Å². The van der Waals surface area contributed by atoms with Gasteiger partial charge in [-0.3, -0.25) is 4.79 Å². The molecule has 0 saturated carbocycles. The average molecular weight is 292 g/mol. The molecule has 2 heterocycles. The summed E-state index contributed by atoms with van der Waals surface area (Å²) in [5, 5.41) is 2.57. The van der Waals surface area contributed by atoms with Crippen molar-refractivity contribution in [2.75, 3.05) is 13.1 Å². The van der Waals surface area contributed by atoms with Crippen LogP contribution < -0.4 is 5.73 Å². The van der Waals surface area contributed by atoms with Crippen LogP contribution in [-0.4, -0.2) is 41.1 Å². The fourth-order valence-corrected chi connectivity index (χ4v) is 2.66. The smallest absolute Gasteiger partial charge is 0.273 e. The molecule has 0 radical (unpaired) electrons. The highest BCUT2D eigenvalue weighted by Crippen LogP contribution is 2.16. The largest absolute Gasteiger partial charge is 0.372 e. The fraction of sp³-hybridized carbons (Fsp3) is 0.636. The second kappa shape index (κ2) is 6.47. The number of carbonyl (C=O) groups excluding carboxylic acids is 1. The van der Waals surface area contributed by atoms with E-state index in [1.807, 2.05) is 13.8 Å². The molecule has 2 atom stereocenters. The zero-order valence-electron chi connectivity index (χ0n) is 10.5. The van der Waals surface area contributed by atoms with Gasteiger partial charge in [-0.25, -0.2) is 4.98 Å². The summed E-state index contributed by atoms with van der Waals surface area (Å²) in [4.78, 5) is 18.2.